The molecule has 382 valence electrons. The fourth-order valence-electron chi connectivity index (χ4n) is 7.18. The van der Waals surface area contributed by atoms with Crippen molar-refractivity contribution in [2.45, 2.75) is 244 Å². The number of phosphoric acid groups is 1. The minimum absolute atomic E-state index is 0.142. The van der Waals surface area contributed by atoms with Gasteiger partial charge in [-0.05, 0) is 83.5 Å². The van der Waals surface area contributed by atoms with Crippen molar-refractivity contribution in [3.05, 3.63) is 60.8 Å². The molecule has 0 rings (SSSR count). The maximum Gasteiger partial charge on any atom is 0.472 e. The van der Waals surface area contributed by atoms with Crippen LogP contribution in [0.5, 0.6) is 0 Å². The predicted molar refractivity (Wildman–Crippen MR) is 272 cm³/mol. The Morgan fingerprint density at radius 1 is 0.485 bits per heavy atom. The molecular weight excluding hydrogens is 854 g/mol. The fraction of sp³-hybridized carbons (Fsp3) is 0.759. The number of esters is 1. The summed E-state index contributed by atoms with van der Waals surface area (Å²) in [4.78, 5) is 46.2. The normalized spacial score (nSPS) is 14.0. The number of aliphatic carboxylic acids is 1. The lowest BCUT2D eigenvalue weighted by Crippen LogP contribution is -2.43. The van der Waals surface area contributed by atoms with E-state index in [1.54, 1.807) is 0 Å². The SMILES string of the molecule is CCCCC/C=C\C/C=C\C/C=C\C/C=C\CCCCCCCC(=O)OCC(O)COP(=O)(O)OCC(NC(=O)CCCCCCCCCCCCC/C=C/CCCCCCCC)C(=O)O. The lowest BCUT2D eigenvalue weighted by Gasteiger charge is -2.18. The van der Waals surface area contributed by atoms with E-state index in [9.17, 15) is 34.1 Å². The highest BCUT2D eigenvalue weighted by molar-refractivity contribution is 7.47. The number of unbranched alkanes of at least 4 members (excludes halogenated alkanes) is 25. The molecule has 0 heterocycles. The fourth-order valence-corrected chi connectivity index (χ4v) is 7.95. The molecule has 12 heteroatoms. The molecule has 0 aliphatic heterocycles. The van der Waals surface area contributed by atoms with Crippen LogP contribution in [-0.2, 0) is 32.7 Å². The Morgan fingerprint density at radius 2 is 0.833 bits per heavy atom. The number of carboxylic acid groups (broad SMARTS) is 1. The molecule has 0 aromatic carbocycles. The minimum atomic E-state index is -4.77. The molecule has 0 fully saturated rings. The lowest BCUT2D eigenvalue weighted by atomic mass is 10.0. The van der Waals surface area contributed by atoms with E-state index in [0.29, 0.717) is 12.8 Å². The summed E-state index contributed by atoms with van der Waals surface area (Å²) in [5.74, 6) is -2.39. The van der Waals surface area contributed by atoms with Crippen LogP contribution < -0.4 is 5.32 Å². The summed E-state index contributed by atoms with van der Waals surface area (Å²) in [5.41, 5.74) is 0. The van der Waals surface area contributed by atoms with Gasteiger partial charge in [0.15, 0.2) is 6.04 Å². The first kappa shape index (κ1) is 63.2. The smallest absolute Gasteiger partial charge is 0.472 e. The summed E-state index contributed by atoms with van der Waals surface area (Å²) in [6.45, 7) is 2.57. The Kier molecular flexibility index (Phi) is 46.6. The van der Waals surface area contributed by atoms with Gasteiger partial charge in [0.25, 0.3) is 0 Å². The molecule has 1 amide bonds. The summed E-state index contributed by atoms with van der Waals surface area (Å²) in [6.07, 6.45) is 58.1. The molecule has 4 N–H and O–H groups in total. The van der Waals surface area contributed by atoms with Crippen LogP contribution in [0.25, 0.3) is 0 Å². The molecule has 66 heavy (non-hydrogen) atoms. The molecule has 0 aromatic rings. The first-order valence-corrected chi connectivity index (χ1v) is 27.8. The molecule has 0 bridgehead atoms. The van der Waals surface area contributed by atoms with E-state index >= 15 is 0 Å². The average molecular weight is 950 g/mol. The third-order valence-electron chi connectivity index (χ3n) is 11.3. The number of carbonyl (C=O) groups excluding carboxylic acids is 2. The van der Waals surface area contributed by atoms with Crippen molar-refractivity contribution in [1.82, 2.24) is 5.32 Å². The van der Waals surface area contributed by atoms with E-state index in [1.165, 1.54) is 122 Å². The monoisotopic (exact) mass is 950 g/mol. The van der Waals surface area contributed by atoms with Gasteiger partial charge in [-0.2, -0.15) is 0 Å². The third-order valence-corrected chi connectivity index (χ3v) is 12.2. The lowest BCUT2D eigenvalue weighted by molar-refractivity contribution is -0.147. The van der Waals surface area contributed by atoms with Crippen molar-refractivity contribution in [3.8, 4) is 0 Å². The van der Waals surface area contributed by atoms with Crippen molar-refractivity contribution in [1.29, 1.82) is 0 Å². The largest absolute Gasteiger partial charge is 0.480 e. The van der Waals surface area contributed by atoms with E-state index in [1.807, 2.05) is 0 Å². The third kappa shape index (κ3) is 47.7. The van der Waals surface area contributed by atoms with E-state index in [0.717, 1.165) is 70.6 Å². The molecule has 0 aromatic heterocycles. The Bertz CT molecular complexity index is 1350. The number of aliphatic hydroxyl groups is 1. The Morgan fingerprint density at radius 3 is 1.29 bits per heavy atom. The Hall–Kier alpha value is -2.82. The number of carboxylic acids is 1. The maximum atomic E-state index is 12.4. The van der Waals surface area contributed by atoms with Gasteiger partial charge in [-0.15, -0.1) is 0 Å². The van der Waals surface area contributed by atoms with Gasteiger partial charge in [-0.3, -0.25) is 18.6 Å². The highest BCUT2D eigenvalue weighted by Crippen LogP contribution is 2.43. The van der Waals surface area contributed by atoms with Crippen LogP contribution in [0, 0.1) is 0 Å². The van der Waals surface area contributed by atoms with Crippen LogP contribution in [0.15, 0.2) is 60.8 Å². The van der Waals surface area contributed by atoms with Crippen LogP contribution in [0.2, 0.25) is 0 Å². The number of nitrogens with one attached hydrogen (secondary N) is 1. The van der Waals surface area contributed by atoms with Crippen LogP contribution in [0.3, 0.4) is 0 Å². The second-order valence-electron chi connectivity index (χ2n) is 17.7. The van der Waals surface area contributed by atoms with Gasteiger partial charge in [0.2, 0.25) is 5.91 Å². The summed E-state index contributed by atoms with van der Waals surface area (Å²) in [6, 6.07) is -1.55. The number of ether oxygens (including phenoxy) is 1. The van der Waals surface area contributed by atoms with Crippen molar-refractivity contribution < 1.29 is 47.8 Å². The topological polar surface area (TPSA) is 169 Å². The zero-order valence-corrected chi connectivity index (χ0v) is 42.6. The molecule has 11 nitrogen and oxygen atoms in total. The zero-order valence-electron chi connectivity index (χ0n) is 41.7. The van der Waals surface area contributed by atoms with E-state index in [-0.39, 0.29) is 12.8 Å². The van der Waals surface area contributed by atoms with E-state index in [2.05, 4.69) is 79.9 Å². The molecular formula is C54H96NO10P. The summed E-state index contributed by atoms with van der Waals surface area (Å²) in [7, 11) is -4.77. The molecule has 0 aliphatic rings. The van der Waals surface area contributed by atoms with Gasteiger partial charge in [0, 0.05) is 12.8 Å². The van der Waals surface area contributed by atoms with Gasteiger partial charge in [0.05, 0.1) is 13.2 Å². The standard InChI is InChI=1S/C54H96NO10P/c1-3-5-7-9-11-13-15-17-19-21-23-25-27-29-31-33-35-37-39-41-43-45-52(57)55-51(54(59)60)49-65-66(61,62)64-48-50(56)47-63-53(58)46-44-42-40-38-36-34-32-30-28-26-24-22-20-18-16-14-12-10-8-6-4-2/h12,14,17-20,24,26,30,32,50-51,56H,3-11,13,15-16,21-23,25,27-29,31,33-49H2,1-2H3,(H,55,57)(H,59,60)(H,61,62)/b14-12-,19-17+,20-18-,26-24-,32-30-. The first-order chi connectivity index (χ1) is 32.1. The molecule has 0 aliphatic carbocycles. The van der Waals surface area contributed by atoms with Crippen LogP contribution in [0.4, 0.5) is 0 Å². The number of rotatable bonds is 49. The number of carbonyl (C=O) groups is 3. The zero-order chi connectivity index (χ0) is 48.4. The van der Waals surface area contributed by atoms with E-state index in [4.69, 9.17) is 13.8 Å². The van der Waals surface area contributed by atoms with Gasteiger partial charge in [-0.25, -0.2) is 9.36 Å². The number of hydrogen-bond donors (Lipinski definition) is 4. The van der Waals surface area contributed by atoms with Gasteiger partial charge >= 0.3 is 19.8 Å². The molecule has 3 atom stereocenters. The molecule has 3 unspecified atom stereocenters. The number of phosphoric ester groups is 1. The molecule has 0 saturated carbocycles. The highest BCUT2D eigenvalue weighted by atomic mass is 31.2. The highest BCUT2D eigenvalue weighted by Gasteiger charge is 2.28. The number of allylic oxidation sites excluding steroid dienone is 10. The van der Waals surface area contributed by atoms with Crippen molar-refractivity contribution in [3.63, 3.8) is 0 Å². The number of amides is 1. The van der Waals surface area contributed by atoms with Crippen LogP contribution in [-0.4, -0.2) is 64.9 Å². The van der Waals surface area contributed by atoms with Crippen molar-refractivity contribution in [2.75, 3.05) is 19.8 Å². The summed E-state index contributed by atoms with van der Waals surface area (Å²) in [5, 5.41) is 21.9. The number of aliphatic hydroxyl groups excluding tert-OH is 1. The Balaban J connectivity index is 3.86. The summed E-state index contributed by atoms with van der Waals surface area (Å²) < 4.78 is 27.0. The molecule has 0 spiro atoms. The predicted octanol–water partition coefficient (Wildman–Crippen LogP) is 14.7. The maximum absolute atomic E-state index is 12.4. The van der Waals surface area contributed by atoms with Gasteiger partial charge in [-0.1, -0.05) is 197 Å². The molecule has 0 radical (unpaired) electrons. The van der Waals surface area contributed by atoms with Crippen LogP contribution in [0.1, 0.15) is 232 Å². The number of hydrogen-bond acceptors (Lipinski definition) is 8. The first-order valence-electron chi connectivity index (χ1n) is 26.3. The van der Waals surface area contributed by atoms with Crippen molar-refractivity contribution >= 4 is 25.7 Å². The average Bonchev–Trinajstić information content (AvgIpc) is 3.29. The van der Waals surface area contributed by atoms with E-state index < -0.39 is 57.6 Å². The van der Waals surface area contributed by atoms with Crippen molar-refractivity contribution in [2.24, 2.45) is 0 Å². The quantitative estimate of drug-likeness (QED) is 0.0199. The second-order valence-corrected chi connectivity index (χ2v) is 19.2. The summed E-state index contributed by atoms with van der Waals surface area (Å²) >= 11 is 0. The van der Waals surface area contributed by atoms with Gasteiger partial charge in [0.1, 0.15) is 12.7 Å². The van der Waals surface area contributed by atoms with Gasteiger partial charge < -0.3 is 25.2 Å². The van der Waals surface area contributed by atoms with Crippen LogP contribution >= 0.6 is 7.82 Å². The molecule has 0 saturated heterocycles. The minimum Gasteiger partial charge on any atom is -0.480 e. The Labute approximate surface area is 402 Å². The second kappa shape index (κ2) is 48.6.